The molecule has 2 aliphatic carbocycles. The Morgan fingerprint density at radius 3 is 2.62 bits per heavy atom. The number of fused-ring (bicyclic) bond motifs is 1. The smallest absolute Gasteiger partial charge is 0.254 e. The lowest BCUT2D eigenvalue weighted by atomic mass is 9.91. The van der Waals surface area contributed by atoms with E-state index in [4.69, 9.17) is 0 Å². The van der Waals surface area contributed by atoms with Crippen molar-refractivity contribution in [2.24, 2.45) is 0 Å². The fraction of sp³-hybridized carbons (Fsp3) is 0.333. The van der Waals surface area contributed by atoms with Crippen molar-refractivity contribution in [3.63, 3.8) is 0 Å². The molecule has 0 radical (unpaired) electrons. The summed E-state index contributed by atoms with van der Waals surface area (Å²) in [7, 11) is 0. The lowest BCUT2D eigenvalue weighted by Gasteiger charge is -2.34. The van der Waals surface area contributed by atoms with Gasteiger partial charge in [0.1, 0.15) is 0 Å². The fourth-order valence-electron chi connectivity index (χ4n) is 4.50. The Hall–Kier alpha value is -2.92. The van der Waals surface area contributed by atoms with Gasteiger partial charge in [-0.15, -0.1) is 0 Å². The molecule has 0 saturated heterocycles. The van der Waals surface area contributed by atoms with Crippen LogP contribution in [0.1, 0.15) is 46.4 Å². The number of amides is 1. The summed E-state index contributed by atoms with van der Waals surface area (Å²) in [6.45, 7) is 0.00396. The van der Waals surface area contributed by atoms with Gasteiger partial charge in [-0.1, -0.05) is 36.4 Å². The lowest BCUT2D eigenvalue weighted by Crippen LogP contribution is -2.44. The van der Waals surface area contributed by atoms with Gasteiger partial charge < -0.3 is 10.0 Å². The molecule has 1 heterocycles. The van der Waals surface area contributed by atoms with Gasteiger partial charge in [-0.3, -0.25) is 9.89 Å². The maximum atomic E-state index is 13.4. The number of H-pyrrole nitrogens is 1. The zero-order valence-electron chi connectivity index (χ0n) is 16.3. The number of aliphatic hydroxyl groups is 1. The number of hydrogen-bond donors (Lipinski definition) is 2. The highest BCUT2D eigenvalue weighted by Crippen LogP contribution is 2.35. The average molecular weight is 387 g/mol. The van der Waals surface area contributed by atoms with Crippen molar-refractivity contribution < 1.29 is 9.90 Å². The Kier molecular flexibility index (Phi) is 4.68. The topological polar surface area (TPSA) is 69.2 Å². The number of nitrogens with one attached hydrogen (secondary N) is 1. The van der Waals surface area contributed by atoms with E-state index in [1.54, 1.807) is 0 Å². The maximum absolute atomic E-state index is 13.4. The average Bonchev–Trinajstić information content (AvgIpc) is 3.49. The lowest BCUT2D eigenvalue weighted by molar-refractivity contribution is 0.0643. The minimum absolute atomic E-state index is 0.00396. The molecule has 5 nitrogen and oxygen atoms in total. The van der Waals surface area contributed by atoms with E-state index in [1.165, 1.54) is 11.3 Å². The fourth-order valence-corrected chi connectivity index (χ4v) is 4.50. The first-order chi connectivity index (χ1) is 14.2. The third kappa shape index (κ3) is 3.47. The van der Waals surface area contributed by atoms with Gasteiger partial charge in [0.25, 0.3) is 5.91 Å². The number of benzene rings is 2. The van der Waals surface area contributed by atoms with E-state index in [1.807, 2.05) is 54.7 Å². The molecule has 0 spiro atoms. The van der Waals surface area contributed by atoms with Crippen molar-refractivity contribution in [1.82, 2.24) is 15.1 Å². The molecule has 1 saturated carbocycles. The van der Waals surface area contributed by atoms with Crippen LogP contribution in [0, 0.1) is 0 Å². The third-order valence-corrected chi connectivity index (χ3v) is 6.19. The van der Waals surface area contributed by atoms with Crippen LogP contribution in [0.25, 0.3) is 11.1 Å². The van der Waals surface area contributed by atoms with Crippen LogP contribution in [0.4, 0.5) is 0 Å². The molecule has 2 aliphatic rings. The van der Waals surface area contributed by atoms with E-state index in [2.05, 4.69) is 15.1 Å². The van der Waals surface area contributed by atoms with Gasteiger partial charge in [0.05, 0.1) is 12.8 Å². The van der Waals surface area contributed by atoms with Gasteiger partial charge in [-0.05, 0) is 66.5 Å². The first-order valence-corrected chi connectivity index (χ1v) is 10.4. The van der Waals surface area contributed by atoms with Crippen molar-refractivity contribution in [3.05, 3.63) is 77.1 Å². The molecule has 29 heavy (non-hydrogen) atoms. The predicted octanol–water partition coefficient (Wildman–Crippen LogP) is 3.73. The summed E-state index contributed by atoms with van der Waals surface area (Å²) in [5.74, 6) is 0.131. The molecule has 1 unspecified atom stereocenters. The molecule has 0 aliphatic heterocycles. The molecule has 1 amide bonds. The largest absolute Gasteiger partial charge is 0.392 e. The van der Waals surface area contributed by atoms with E-state index in [0.717, 1.165) is 54.4 Å². The Bertz CT molecular complexity index is 1020. The highest BCUT2D eigenvalue weighted by molar-refractivity contribution is 5.95. The highest BCUT2D eigenvalue weighted by Gasteiger charge is 2.39. The molecular weight excluding hydrogens is 362 g/mol. The number of rotatable bonds is 5. The second-order valence-electron chi connectivity index (χ2n) is 8.11. The number of aromatic amines is 1. The van der Waals surface area contributed by atoms with Gasteiger partial charge in [0.2, 0.25) is 0 Å². The van der Waals surface area contributed by atoms with Gasteiger partial charge in [-0.25, -0.2) is 0 Å². The molecule has 1 aromatic heterocycles. The number of aliphatic hydroxyl groups excluding tert-OH is 1. The normalized spacial score (nSPS) is 18.3. The van der Waals surface area contributed by atoms with Crippen LogP contribution in [-0.4, -0.2) is 38.2 Å². The maximum Gasteiger partial charge on any atom is 0.254 e. The second kappa shape index (κ2) is 7.48. The number of carbonyl (C=O) groups excluding carboxylic acids is 1. The number of aryl methyl sites for hydroxylation is 1. The quantitative estimate of drug-likeness (QED) is 0.701. The van der Waals surface area contributed by atoms with E-state index in [-0.39, 0.29) is 18.6 Å². The van der Waals surface area contributed by atoms with E-state index < -0.39 is 0 Å². The SMILES string of the molecule is O=C(c1ccc(-c2ccccc2CO)cc1)N(C1CC1)C1CCc2[nH]ncc2C1. The molecule has 3 aromatic rings. The molecule has 1 atom stereocenters. The van der Waals surface area contributed by atoms with Crippen molar-refractivity contribution in [2.45, 2.75) is 50.8 Å². The van der Waals surface area contributed by atoms with Gasteiger partial charge in [0, 0.05) is 23.3 Å². The Labute approximate surface area is 170 Å². The minimum Gasteiger partial charge on any atom is -0.392 e. The third-order valence-electron chi connectivity index (χ3n) is 6.19. The molecule has 0 bridgehead atoms. The summed E-state index contributed by atoms with van der Waals surface area (Å²) < 4.78 is 0. The van der Waals surface area contributed by atoms with Crippen LogP contribution in [0.5, 0.6) is 0 Å². The molecule has 5 rings (SSSR count). The number of hydrogen-bond acceptors (Lipinski definition) is 3. The van der Waals surface area contributed by atoms with Crippen molar-refractivity contribution in [1.29, 1.82) is 0 Å². The summed E-state index contributed by atoms with van der Waals surface area (Å²) in [5, 5.41) is 16.8. The summed E-state index contributed by atoms with van der Waals surface area (Å²) in [6, 6.07) is 16.3. The zero-order valence-corrected chi connectivity index (χ0v) is 16.3. The zero-order chi connectivity index (χ0) is 19.8. The van der Waals surface area contributed by atoms with E-state index in [0.29, 0.717) is 6.04 Å². The molecule has 1 fully saturated rings. The number of nitrogens with zero attached hydrogens (tertiary/aromatic N) is 2. The summed E-state index contributed by atoms with van der Waals surface area (Å²) >= 11 is 0. The van der Waals surface area contributed by atoms with Crippen molar-refractivity contribution >= 4 is 5.91 Å². The van der Waals surface area contributed by atoms with Gasteiger partial charge >= 0.3 is 0 Å². The monoisotopic (exact) mass is 387 g/mol. The summed E-state index contributed by atoms with van der Waals surface area (Å²) in [4.78, 5) is 15.5. The molecule has 5 heteroatoms. The van der Waals surface area contributed by atoms with Gasteiger partial charge in [-0.2, -0.15) is 5.10 Å². The van der Waals surface area contributed by atoms with Crippen LogP contribution < -0.4 is 0 Å². The Balaban J connectivity index is 1.39. The molecular formula is C24H25N3O2. The van der Waals surface area contributed by atoms with Crippen LogP contribution >= 0.6 is 0 Å². The summed E-state index contributed by atoms with van der Waals surface area (Å²) in [5.41, 5.74) is 6.12. The van der Waals surface area contributed by atoms with Crippen LogP contribution in [0.2, 0.25) is 0 Å². The van der Waals surface area contributed by atoms with Crippen LogP contribution in [0.15, 0.2) is 54.7 Å². The number of aromatic nitrogens is 2. The molecule has 2 aromatic carbocycles. The second-order valence-corrected chi connectivity index (χ2v) is 8.11. The Morgan fingerprint density at radius 2 is 1.86 bits per heavy atom. The predicted molar refractivity (Wildman–Crippen MR) is 111 cm³/mol. The molecule has 2 N–H and O–H groups in total. The van der Waals surface area contributed by atoms with Crippen molar-refractivity contribution in [2.75, 3.05) is 0 Å². The minimum atomic E-state index is 0.00396. The highest BCUT2D eigenvalue weighted by atomic mass is 16.3. The standard InChI is InChI=1S/C24H25N3O2/c28-15-18-3-1-2-4-22(18)16-5-7-17(8-6-16)24(29)27(20-9-10-20)21-11-12-23-19(13-21)14-25-26-23/h1-8,14,20-21,28H,9-13,15H2,(H,25,26). The van der Waals surface area contributed by atoms with Crippen LogP contribution in [0.3, 0.4) is 0 Å². The molecule has 148 valence electrons. The first kappa shape index (κ1) is 18.1. The van der Waals surface area contributed by atoms with Gasteiger partial charge in [0.15, 0.2) is 0 Å². The van der Waals surface area contributed by atoms with E-state index in [9.17, 15) is 9.90 Å². The van der Waals surface area contributed by atoms with E-state index >= 15 is 0 Å². The first-order valence-electron chi connectivity index (χ1n) is 10.4. The number of carbonyl (C=O) groups is 1. The van der Waals surface area contributed by atoms with Crippen LogP contribution in [-0.2, 0) is 19.4 Å². The summed E-state index contributed by atoms with van der Waals surface area (Å²) in [6.07, 6.45) is 6.93. The Morgan fingerprint density at radius 1 is 1.07 bits per heavy atom. The van der Waals surface area contributed by atoms with Crippen molar-refractivity contribution in [3.8, 4) is 11.1 Å².